The molecule has 0 bridgehead atoms. The molecule has 0 saturated carbocycles. The van der Waals surface area contributed by atoms with Crippen LogP contribution in [-0.2, 0) is 141 Å². The number of hydrogen-bond acceptors (Lipinski definition) is 43. The van der Waals surface area contributed by atoms with Crippen molar-refractivity contribution in [3.63, 3.8) is 0 Å². The normalized spacial score (nSPS) is 20.9. The highest BCUT2D eigenvalue weighted by Crippen LogP contribution is 2.47. The molecule has 0 aromatic heterocycles. The molecule has 0 fully saturated rings. The lowest BCUT2D eigenvalue weighted by Gasteiger charge is -2.28. The molecule has 87 heavy (non-hydrogen) atoms. The zero-order valence-corrected chi connectivity index (χ0v) is 55.9. The Kier molecular flexibility index (Phi) is 46.5. The quantitative estimate of drug-likeness (QED) is 0.0393. The molecule has 0 aliphatic heterocycles. The van der Waals surface area contributed by atoms with Gasteiger partial charge in [0.05, 0.1) is 132 Å². The van der Waals surface area contributed by atoms with Crippen molar-refractivity contribution in [2.24, 2.45) is 17.8 Å². The third-order valence-corrected chi connectivity index (χ3v) is 18.6. The Bertz CT molecular complexity index is 2440. The molecule has 14 atom stereocenters. The third kappa shape index (κ3) is 56.1. The van der Waals surface area contributed by atoms with Crippen molar-refractivity contribution >= 4 is 86.0 Å². The molecule has 45 nitrogen and oxygen atoms in total. The average Bonchev–Trinajstić information content (AvgIpc) is 3.39. The highest BCUT2D eigenvalue weighted by Gasteiger charge is 2.22. The monoisotopic (exact) mass is 1500 g/mol. The minimum atomic E-state index is -5.28. The van der Waals surface area contributed by atoms with Crippen LogP contribution in [0.15, 0.2) is 0 Å². The highest BCUT2D eigenvalue weighted by atomic mass is 31.2. The number of hydrogen-bond donors (Lipinski definition) is 3. The molecule has 0 radical (unpaired) electrons. The molecule has 526 valence electrons. The van der Waals surface area contributed by atoms with Crippen molar-refractivity contribution in [2.45, 2.75) is 47.0 Å². The van der Waals surface area contributed by atoms with Crippen molar-refractivity contribution in [1.82, 2.24) is 0 Å². The van der Waals surface area contributed by atoms with Gasteiger partial charge in [-0.3, -0.25) is 50.2 Å². The molecule has 0 aliphatic carbocycles. The fourth-order valence-corrected chi connectivity index (χ4v) is 11.6. The van der Waals surface area contributed by atoms with Crippen LogP contribution in [0.1, 0.15) is 47.0 Å². The summed E-state index contributed by atoms with van der Waals surface area (Å²) in [5.74, 6) is -1.79. The van der Waals surface area contributed by atoms with E-state index in [1.54, 1.807) is 13.8 Å². The second kappa shape index (κ2) is 44.8. The highest BCUT2D eigenvalue weighted by molar-refractivity contribution is 7.48. The average molecular weight is 1500 g/mol. The van der Waals surface area contributed by atoms with Gasteiger partial charge in [0.15, 0.2) is 0 Å². The lowest BCUT2D eigenvalue weighted by atomic mass is 10.1. The van der Waals surface area contributed by atoms with Gasteiger partial charge in [-0.15, -0.1) is 0 Å². The van der Waals surface area contributed by atoms with Crippen LogP contribution in [0.5, 0.6) is 0 Å². The Morgan fingerprint density at radius 1 is 0.253 bits per heavy atom. The van der Waals surface area contributed by atoms with E-state index < -0.39 is 217 Å². The third-order valence-electron chi connectivity index (χ3n) is 8.70. The molecular weight excluding hydrogens is 1430 g/mol. The first-order valence-corrected chi connectivity index (χ1v) is 40.3. The second-order valence-corrected chi connectivity index (χ2v) is 30.6. The smallest absolute Gasteiger partial charge is 0.268 e. The summed E-state index contributed by atoms with van der Waals surface area (Å²) in [7, 11) is -55.9. The molecule has 0 aromatic carbocycles. The maximum absolute atomic E-state index is 11.9. The van der Waals surface area contributed by atoms with Crippen LogP contribution in [0.2, 0.25) is 0 Å². The SMILES string of the molecule is CCC(CO)COP(=O)([O-])O.CCOP(=O)([O-])OCC(CC)COP(=O)([O-])OCCOP(=O)([O-])OCCOP(=O)([O-])OCCOP(=O)([O-])OCCOP(=O)([O-])OCCOP(=O)([O-])OCCOP(=O)([O-])OCCOP(=O)([O-])OCC(CC)COP(=O)([O-])O. The molecule has 0 saturated heterocycles. The Morgan fingerprint density at radius 2 is 0.402 bits per heavy atom. The van der Waals surface area contributed by atoms with Crippen molar-refractivity contribution < 1.29 is 209 Å². The molecule has 0 aliphatic rings. The Morgan fingerprint density at radius 3 is 0.552 bits per heavy atom. The van der Waals surface area contributed by atoms with E-state index >= 15 is 0 Å². The number of aliphatic hydroxyl groups is 1. The van der Waals surface area contributed by atoms with Crippen LogP contribution in [0.4, 0.5) is 0 Å². The minimum Gasteiger partial charge on any atom is -0.756 e. The van der Waals surface area contributed by atoms with E-state index in [-0.39, 0.29) is 38.6 Å². The van der Waals surface area contributed by atoms with Crippen LogP contribution in [-0.4, -0.2) is 154 Å². The van der Waals surface area contributed by atoms with Crippen molar-refractivity contribution in [1.29, 1.82) is 0 Å². The molecule has 56 heteroatoms. The van der Waals surface area contributed by atoms with Gasteiger partial charge in [0, 0.05) is 24.4 Å². The van der Waals surface area contributed by atoms with E-state index in [1.807, 2.05) is 0 Å². The van der Waals surface area contributed by atoms with E-state index in [2.05, 4.69) is 90.5 Å². The summed E-state index contributed by atoms with van der Waals surface area (Å²) < 4.78 is 214. The van der Waals surface area contributed by atoms with Crippen LogP contribution in [0.25, 0.3) is 0 Å². The standard InChI is InChI=1S/C26H64O40P10.C5H13O5P/c1-4-25(21-63-67(27,28)29)22-65-75(44,45)61-19-17-59-73(40,41)57-15-13-55-71(36,37)53-11-9-51-69(32,33)49-7-8-50-70(34,35)52-10-12-54-72(38,39)56-14-16-58-74(42,43)60-18-20-62-76(46,47)66-24-26(5-2)23-64-68(30,31)48-6-3;1-2-5(3-6)4-10-11(7,8)9/h25-26H,4-24H2,1-3H3,(H,30,31)(H,32,33)(H,34,35)(H,36,37)(H,38,39)(H,40,41)(H,42,43)(H,44,45)(H,46,47)(H2,27,28,29);5-6H,2-4H2,1H3,(H2,7,8,9)/p-11. The van der Waals surface area contributed by atoms with Crippen molar-refractivity contribution in [2.75, 3.05) is 139 Å². The van der Waals surface area contributed by atoms with Gasteiger partial charge in [0.2, 0.25) is 0 Å². The maximum atomic E-state index is 11.9. The largest absolute Gasteiger partial charge is 0.756 e. The van der Waals surface area contributed by atoms with Gasteiger partial charge in [-0.2, -0.15) is 0 Å². The van der Waals surface area contributed by atoms with Gasteiger partial charge in [-0.1, -0.05) is 20.8 Å². The summed E-state index contributed by atoms with van der Waals surface area (Å²) in [6, 6.07) is 0. The van der Waals surface area contributed by atoms with Gasteiger partial charge < -0.3 is 159 Å². The topological polar surface area (TPSA) is 687 Å². The van der Waals surface area contributed by atoms with Gasteiger partial charge >= 0.3 is 0 Å². The summed E-state index contributed by atoms with van der Waals surface area (Å²) in [6.45, 7) is -10.6. The zero-order valence-electron chi connectivity index (χ0n) is 46.1. The predicted octanol–water partition coefficient (Wildman–Crippen LogP) is -3.47. The van der Waals surface area contributed by atoms with E-state index in [9.17, 15) is 104 Å². The lowest BCUT2D eigenvalue weighted by Crippen LogP contribution is -2.20. The van der Waals surface area contributed by atoms with E-state index in [0.29, 0.717) is 6.42 Å². The molecule has 0 rings (SSSR count). The van der Waals surface area contributed by atoms with Crippen LogP contribution >= 0.6 is 86.0 Å². The van der Waals surface area contributed by atoms with Crippen molar-refractivity contribution in [3.8, 4) is 0 Å². The van der Waals surface area contributed by atoms with Gasteiger partial charge in [0.25, 0.3) is 86.0 Å². The Balaban J connectivity index is 0. The van der Waals surface area contributed by atoms with Crippen LogP contribution in [0, 0.1) is 17.8 Å². The van der Waals surface area contributed by atoms with E-state index in [4.69, 9.17) is 14.9 Å². The summed E-state index contributed by atoms with van der Waals surface area (Å²) in [5, 5.41) is 8.57. The summed E-state index contributed by atoms with van der Waals surface area (Å²) >= 11 is 0. The molecule has 0 amide bonds. The number of phosphoric acid groups is 11. The first-order valence-electron chi connectivity index (χ1n) is 24.2. The van der Waals surface area contributed by atoms with Crippen molar-refractivity contribution in [3.05, 3.63) is 0 Å². The number of rotatable bonds is 56. The number of aliphatic hydroxyl groups excluding tert-OH is 1. The zero-order chi connectivity index (χ0) is 67.3. The molecule has 3 N–H and O–H groups in total. The fraction of sp³-hybridized carbons (Fsp3) is 1.00. The molecule has 0 spiro atoms. The summed E-state index contributed by atoms with van der Waals surface area (Å²) in [5.41, 5.74) is 0. The predicted molar refractivity (Wildman–Crippen MR) is 261 cm³/mol. The summed E-state index contributed by atoms with van der Waals surface area (Å²) in [6.07, 6.45) is 0.970. The van der Waals surface area contributed by atoms with Gasteiger partial charge in [0.1, 0.15) is 0 Å². The second-order valence-electron chi connectivity index (χ2n) is 15.5. The minimum absolute atomic E-state index is 0.142. The first-order chi connectivity index (χ1) is 39.8. The summed E-state index contributed by atoms with van der Waals surface area (Å²) in [4.78, 5) is 144. The maximum Gasteiger partial charge on any atom is 0.268 e. The Labute approximate surface area is 497 Å². The lowest BCUT2D eigenvalue weighted by molar-refractivity contribution is -0.238. The Hall–Kier alpha value is 1.17. The van der Waals surface area contributed by atoms with Crippen LogP contribution < -0.4 is 53.8 Å². The fourth-order valence-electron chi connectivity index (χ4n) is 4.44. The van der Waals surface area contributed by atoms with Crippen LogP contribution in [0.3, 0.4) is 0 Å². The molecule has 0 aromatic rings. The molecular formula is C31H66O45P11-11. The molecule has 0 heterocycles. The van der Waals surface area contributed by atoms with Gasteiger partial charge in [-0.25, -0.2) is 0 Å². The first kappa shape index (κ1) is 90.2. The van der Waals surface area contributed by atoms with Gasteiger partial charge in [-0.05, 0) is 26.2 Å². The number of phosphoric ester groups is 11. The van der Waals surface area contributed by atoms with E-state index in [1.165, 1.54) is 13.8 Å². The molecule has 14 unspecified atom stereocenters. The van der Waals surface area contributed by atoms with E-state index in [0.717, 1.165) is 0 Å².